The molecule has 9 heteroatoms. The highest BCUT2D eigenvalue weighted by atomic mass is 32.2. The molecule has 0 atom stereocenters. The fourth-order valence-corrected chi connectivity index (χ4v) is 5.05. The van der Waals surface area contributed by atoms with Crippen molar-refractivity contribution in [1.82, 2.24) is 24.4 Å². The zero-order valence-electron chi connectivity index (χ0n) is 15.0. The zero-order chi connectivity index (χ0) is 18.9. The molecule has 0 unspecified atom stereocenters. The Morgan fingerprint density at radius 2 is 1.96 bits per heavy atom. The summed E-state index contributed by atoms with van der Waals surface area (Å²) in [7, 11) is -3.50. The molecule has 0 spiro atoms. The number of hydrogen-bond donors (Lipinski definition) is 1. The second-order valence-corrected chi connectivity index (χ2v) is 9.19. The summed E-state index contributed by atoms with van der Waals surface area (Å²) >= 11 is 0. The van der Waals surface area contributed by atoms with Gasteiger partial charge in [0.1, 0.15) is 5.25 Å². The lowest BCUT2D eigenvalue weighted by Crippen LogP contribution is -2.60. The Hall–Kier alpha value is -2.26. The quantitative estimate of drug-likeness (QED) is 0.798. The molecule has 2 fully saturated rings. The van der Waals surface area contributed by atoms with Crippen molar-refractivity contribution in [2.24, 2.45) is 5.92 Å². The van der Waals surface area contributed by atoms with E-state index in [1.807, 2.05) is 6.07 Å². The first-order chi connectivity index (χ1) is 13.0. The molecule has 1 N–H and O–H groups in total. The standard InChI is InChI=1S/C18H23N5O3S/c24-18(14-5-1-2-6-14)22-12-16(13-22)27(25,26)21-11-15-7-3-8-19-17(15)23-10-4-9-20-23/h3-4,7-10,14,16,21H,1-2,5-6,11-13H2. The van der Waals surface area contributed by atoms with Crippen LogP contribution in [-0.2, 0) is 21.4 Å². The number of carbonyl (C=O) groups is 1. The Labute approximate surface area is 158 Å². The van der Waals surface area contributed by atoms with E-state index < -0.39 is 15.3 Å². The first-order valence-corrected chi connectivity index (χ1v) is 10.8. The summed E-state index contributed by atoms with van der Waals surface area (Å²) in [6, 6.07) is 5.37. The van der Waals surface area contributed by atoms with Gasteiger partial charge in [-0.1, -0.05) is 18.9 Å². The lowest BCUT2D eigenvalue weighted by atomic mass is 10.0. The van der Waals surface area contributed by atoms with Crippen LogP contribution in [0.1, 0.15) is 31.2 Å². The number of aromatic nitrogens is 3. The predicted octanol–water partition coefficient (Wildman–Crippen LogP) is 1.09. The van der Waals surface area contributed by atoms with Crippen molar-refractivity contribution < 1.29 is 13.2 Å². The minimum absolute atomic E-state index is 0.0913. The predicted molar refractivity (Wildman–Crippen MR) is 99.4 cm³/mol. The molecule has 0 radical (unpaired) electrons. The molecule has 1 saturated heterocycles. The Kier molecular flexibility index (Phi) is 4.96. The van der Waals surface area contributed by atoms with Gasteiger partial charge < -0.3 is 4.90 Å². The number of amides is 1. The third kappa shape index (κ3) is 3.74. The number of nitrogens with zero attached hydrogens (tertiary/aromatic N) is 4. The lowest BCUT2D eigenvalue weighted by molar-refractivity contribution is -0.138. The number of carbonyl (C=O) groups excluding carboxylic acids is 1. The zero-order valence-corrected chi connectivity index (χ0v) is 15.8. The van der Waals surface area contributed by atoms with E-state index >= 15 is 0 Å². The molecule has 0 bridgehead atoms. The van der Waals surface area contributed by atoms with E-state index in [-0.39, 0.29) is 31.5 Å². The number of rotatable bonds is 6. The summed E-state index contributed by atoms with van der Waals surface area (Å²) in [5.74, 6) is 0.803. The number of nitrogens with one attached hydrogen (secondary N) is 1. The first-order valence-electron chi connectivity index (χ1n) is 9.26. The molecular weight excluding hydrogens is 366 g/mol. The van der Waals surface area contributed by atoms with Gasteiger partial charge in [0.15, 0.2) is 5.82 Å². The maximum Gasteiger partial charge on any atom is 0.225 e. The van der Waals surface area contributed by atoms with Crippen molar-refractivity contribution in [3.05, 3.63) is 42.4 Å². The van der Waals surface area contributed by atoms with Crippen LogP contribution in [0.3, 0.4) is 0 Å². The summed E-state index contributed by atoms with van der Waals surface area (Å²) in [6.07, 6.45) is 9.11. The Morgan fingerprint density at radius 1 is 1.19 bits per heavy atom. The van der Waals surface area contributed by atoms with Gasteiger partial charge in [0, 0.05) is 49.7 Å². The van der Waals surface area contributed by atoms with E-state index in [1.54, 1.807) is 40.3 Å². The minimum Gasteiger partial charge on any atom is -0.340 e. The van der Waals surface area contributed by atoms with Crippen molar-refractivity contribution in [1.29, 1.82) is 0 Å². The monoisotopic (exact) mass is 389 g/mol. The molecule has 27 heavy (non-hydrogen) atoms. The fourth-order valence-electron chi connectivity index (χ4n) is 3.71. The van der Waals surface area contributed by atoms with Crippen LogP contribution in [-0.4, -0.2) is 52.3 Å². The van der Waals surface area contributed by atoms with Gasteiger partial charge in [-0.2, -0.15) is 5.10 Å². The van der Waals surface area contributed by atoms with Crippen molar-refractivity contribution in [2.75, 3.05) is 13.1 Å². The summed E-state index contributed by atoms with van der Waals surface area (Å²) in [4.78, 5) is 18.3. The Bertz CT molecular complexity index is 901. The molecular formula is C18H23N5O3S. The Balaban J connectivity index is 1.36. The largest absolute Gasteiger partial charge is 0.340 e. The van der Waals surface area contributed by atoms with E-state index in [9.17, 15) is 13.2 Å². The van der Waals surface area contributed by atoms with Gasteiger partial charge in [0.25, 0.3) is 0 Å². The third-order valence-electron chi connectivity index (χ3n) is 5.36. The molecule has 0 aromatic carbocycles. The van der Waals surface area contributed by atoms with Crippen LogP contribution in [0, 0.1) is 5.92 Å². The van der Waals surface area contributed by atoms with Gasteiger partial charge in [-0.25, -0.2) is 22.8 Å². The number of likely N-dealkylation sites (tertiary alicyclic amines) is 1. The number of pyridine rings is 1. The maximum atomic E-state index is 12.6. The second kappa shape index (κ2) is 7.40. The molecule has 8 nitrogen and oxygen atoms in total. The molecule has 1 aliphatic heterocycles. The van der Waals surface area contributed by atoms with Crippen molar-refractivity contribution >= 4 is 15.9 Å². The lowest BCUT2D eigenvalue weighted by Gasteiger charge is -2.39. The highest BCUT2D eigenvalue weighted by Crippen LogP contribution is 2.29. The van der Waals surface area contributed by atoms with E-state index in [4.69, 9.17) is 0 Å². The van der Waals surface area contributed by atoms with E-state index in [1.165, 1.54) is 0 Å². The van der Waals surface area contributed by atoms with Gasteiger partial charge in [-0.15, -0.1) is 0 Å². The van der Waals surface area contributed by atoms with E-state index in [0.29, 0.717) is 5.82 Å². The van der Waals surface area contributed by atoms with Crippen LogP contribution < -0.4 is 4.72 Å². The van der Waals surface area contributed by atoms with E-state index in [2.05, 4.69) is 14.8 Å². The molecule has 1 amide bonds. The molecule has 2 aromatic heterocycles. The normalized spacial score (nSPS) is 18.6. The summed E-state index contributed by atoms with van der Waals surface area (Å²) in [5, 5.41) is 3.61. The van der Waals surface area contributed by atoms with E-state index in [0.717, 1.165) is 31.2 Å². The van der Waals surface area contributed by atoms with Gasteiger partial charge >= 0.3 is 0 Å². The van der Waals surface area contributed by atoms with Gasteiger partial charge in [-0.05, 0) is 25.0 Å². The topological polar surface area (TPSA) is 97.2 Å². The summed E-state index contributed by atoms with van der Waals surface area (Å²) in [5.41, 5.74) is 0.739. The van der Waals surface area contributed by atoms with Crippen LogP contribution in [0.15, 0.2) is 36.8 Å². The SMILES string of the molecule is O=C(C1CCCC1)N1CC(S(=O)(=O)NCc2cccnc2-n2cccn2)C1. The molecule has 1 saturated carbocycles. The van der Waals surface area contributed by atoms with Crippen molar-refractivity contribution in [3.8, 4) is 5.82 Å². The minimum atomic E-state index is -3.50. The third-order valence-corrected chi connectivity index (χ3v) is 7.08. The maximum absolute atomic E-state index is 12.6. The smallest absolute Gasteiger partial charge is 0.225 e. The molecule has 2 aliphatic rings. The van der Waals surface area contributed by atoms with Crippen molar-refractivity contribution in [3.63, 3.8) is 0 Å². The highest BCUT2D eigenvalue weighted by Gasteiger charge is 2.41. The fraction of sp³-hybridized carbons (Fsp3) is 0.500. The summed E-state index contributed by atoms with van der Waals surface area (Å²) < 4.78 is 29.4. The summed E-state index contributed by atoms with van der Waals surface area (Å²) in [6.45, 7) is 0.700. The molecule has 4 rings (SSSR count). The van der Waals surface area contributed by atoms with Crippen molar-refractivity contribution in [2.45, 2.75) is 37.5 Å². The van der Waals surface area contributed by atoms with Gasteiger partial charge in [-0.3, -0.25) is 4.79 Å². The van der Waals surface area contributed by atoms with Crippen LogP contribution >= 0.6 is 0 Å². The molecule has 1 aliphatic carbocycles. The average molecular weight is 389 g/mol. The van der Waals surface area contributed by atoms with Crippen LogP contribution in [0.5, 0.6) is 0 Å². The van der Waals surface area contributed by atoms with Gasteiger partial charge in [0.05, 0.1) is 0 Å². The Morgan fingerprint density at radius 3 is 2.67 bits per heavy atom. The van der Waals surface area contributed by atoms with Crippen LogP contribution in [0.2, 0.25) is 0 Å². The second-order valence-electron chi connectivity index (χ2n) is 7.15. The molecule has 144 valence electrons. The van der Waals surface area contributed by atoms with Gasteiger partial charge in [0.2, 0.25) is 15.9 Å². The van der Waals surface area contributed by atoms with Crippen LogP contribution in [0.4, 0.5) is 0 Å². The molecule has 3 heterocycles. The number of hydrogen-bond acceptors (Lipinski definition) is 5. The molecule has 2 aromatic rings. The first kappa shape index (κ1) is 18.1. The van der Waals surface area contributed by atoms with Crippen LogP contribution in [0.25, 0.3) is 5.82 Å². The highest BCUT2D eigenvalue weighted by molar-refractivity contribution is 7.90. The number of sulfonamides is 1. The average Bonchev–Trinajstić information content (AvgIpc) is 3.32.